The minimum absolute atomic E-state index is 0.188. The van der Waals surface area contributed by atoms with Crippen LogP contribution in [0, 0.1) is 11.3 Å². The SMILES string of the molecule is N#Cc1cnc2c(n1)CCC[C@H]2Oc1ccc2[nH]nc(-c3cnco3)c2c1. The molecule has 3 heterocycles. The first-order valence-electron chi connectivity index (χ1n) is 8.61. The molecule has 0 aliphatic heterocycles. The standard InChI is InChI=1S/C19H14N6O2/c20-7-11-8-22-19-15(23-11)2-1-3-16(19)27-12-4-5-14-13(6-12)18(25-24-14)17-9-21-10-26-17/h4-6,8-10,16H,1-3H2,(H,24,25)/t16-/m1/s1. The number of fused-ring (bicyclic) bond motifs is 2. The third-order valence-corrected chi connectivity index (χ3v) is 4.65. The van der Waals surface area contributed by atoms with E-state index in [9.17, 15) is 0 Å². The van der Waals surface area contributed by atoms with Crippen LogP contribution < -0.4 is 4.74 Å². The van der Waals surface area contributed by atoms with E-state index in [1.54, 1.807) is 6.20 Å². The van der Waals surface area contributed by atoms with Gasteiger partial charge in [0.2, 0.25) is 0 Å². The first-order chi connectivity index (χ1) is 13.3. The maximum Gasteiger partial charge on any atom is 0.181 e. The van der Waals surface area contributed by atoms with Gasteiger partial charge < -0.3 is 9.15 Å². The van der Waals surface area contributed by atoms with Gasteiger partial charge in [-0.05, 0) is 37.5 Å². The molecule has 1 aliphatic carbocycles. The summed E-state index contributed by atoms with van der Waals surface area (Å²) in [6, 6.07) is 7.79. The lowest BCUT2D eigenvalue weighted by atomic mass is 9.97. The topological polar surface area (TPSA) is 114 Å². The number of benzene rings is 1. The van der Waals surface area contributed by atoms with E-state index in [0.29, 0.717) is 22.9 Å². The Bertz CT molecular complexity index is 1160. The average molecular weight is 358 g/mol. The normalized spacial score (nSPS) is 16.0. The number of aromatic amines is 1. The van der Waals surface area contributed by atoms with Gasteiger partial charge in [0.1, 0.15) is 29.3 Å². The van der Waals surface area contributed by atoms with Crippen molar-refractivity contribution in [2.45, 2.75) is 25.4 Å². The van der Waals surface area contributed by atoms with E-state index in [4.69, 9.17) is 14.4 Å². The van der Waals surface area contributed by atoms with E-state index in [-0.39, 0.29) is 6.10 Å². The number of rotatable bonds is 3. The van der Waals surface area contributed by atoms with Crippen molar-refractivity contribution < 1.29 is 9.15 Å². The van der Waals surface area contributed by atoms with Gasteiger partial charge in [0.05, 0.1) is 23.6 Å². The Morgan fingerprint density at radius 3 is 3.11 bits per heavy atom. The highest BCUT2D eigenvalue weighted by atomic mass is 16.5. The molecule has 5 rings (SSSR count). The fourth-order valence-electron chi connectivity index (χ4n) is 3.40. The number of aryl methyl sites for hydroxylation is 1. The van der Waals surface area contributed by atoms with E-state index in [1.807, 2.05) is 24.3 Å². The fourth-order valence-corrected chi connectivity index (χ4v) is 3.40. The Hall–Kier alpha value is -3.73. The third kappa shape index (κ3) is 2.69. The maximum atomic E-state index is 9.02. The van der Waals surface area contributed by atoms with Gasteiger partial charge in [-0.15, -0.1) is 0 Å². The van der Waals surface area contributed by atoms with Gasteiger partial charge >= 0.3 is 0 Å². The number of oxazole rings is 1. The second-order valence-corrected chi connectivity index (χ2v) is 6.34. The van der Waals surface area contributed by atoms with Crippen LogP contribution in [0.4, 0.5) is 0 Å². The third-order valence-electron chi connectivity index (χ3n) is 4.65. The monoisotopic (exact) mass is 358 g/mol. The number of H-pyrrole nitrogens is 1. The van der Waals surface area contributed by atoms with Crippen LogP contribution in [0.25, 0.3) is 22.4 Å². The molecule has 0 saturated carbocycles. The van der Waals surface area contributed by atoms with E-state index in [2.05, 4.69) is 25.1 Å². The van der Waals surface area contributed by atoms with E-state index < -0.39 is 0 Å². The van der Waals surface area contributed by atoms with Crippen molar-refractivity contribution in [2.75, 3.05) is 0 Å². The molecule has 0 amide bonds. The molecule has 27 heavy (non-hydrogen) atoms. The molecule has 3 aromatic heterocycles. The number of ether oxygens (including phenoxy) is 1. The van der Waals surface area contributed by atoms with Crippen LogP contribution in [0.3, 0.4) is 0 Å². The summed E-state index contributed by atoms with van der Waals surface area (Å²) < 4.78 is 11.6. The molecule has 0 saturated heterocycles. The fraction of sp³-hybridized carbons (Fsp3) is 0.211. The van der Waals surface area contributed by atoms with Gasteiger partial charge in [-0.25, -0.2) is 9.97 Å². The number of nitrogens with one attached hydrogen (secondary N) is 1. The Labute approximate surface area is 153 Å². The first-order valence-corrected chi connectivity index (χ1v) is 8.61. The molecule has 0 spiro atoms. The molecule has 0 unspecified atom stereocenters. The lowest BCUT2D eigenvalue weighted by Crippen LogP contribution is -2.18. The van der Waals surface area contributed by atoms with Gasteiger partial charge in [-0.1, -0.05) is 0 Å². The number of aromatic nitrogens is 5. The van der Waals surface area contributed by atoms with Crippen LogP contribution in [-0.2, 0) is 6.42 Å². The highest BCUT2D eigenvalue weighted by Crippen LogP contribution is 2.34. The largest absolute Gasteiger partial charge is 0.484 e. The quantitative estimate of drug-likeness (QED) is 0.597. The highest BCUT2D eigenvalue weighted by Gasteiger charge is 2.25. The van der Waals surface area contributed by atoms with E-state index in [0.717, 1.165) is 41.6 Å². The minimum atomic E-state index is -0.188. The molecule has 8 heteroatoms. The number of hydrogen-bond acceptors (Lipinski definition) is 7. The molecule has 0 bridgehead atoms. The molecule has 0 radical (unpaired) electrons. The average Bonchev–Trinajstić information content (AvgIpc) is 3.37. The van der Waals surface area contributed by atoms with Crippen molar-refractivity contribution >= 4 is 10.9 Å². The van der Waals surface area contributed by atoms with Crippen LogP contribution in [0.2, 0.25) is 0 Å². The van der Waals surface area contributed by atoms with Gasteiger partial charge in [-0.2, -0.15) is 10.4 Å². The summed E-state index contributed by atoms with van der Waals surface area (Å²) in [5.74, 6) is 1.31. The number of nitrogens with zero attached hydrogens (tertiary/aromatic N) is 5. The molecule has 8 nitrogen and oxygen atoms in total. The van der Waals surface area contributed by atoms with Gasteiger partial charge in [0, 0.05) is 5.39 Å². The predicted octanol–water partition coefficient (Wildman–Crippen LogP) is 3.34. The van der Waals surface area contributed by atoms with E-state index >= 15 is 0 Å². The zero-order valence-corrected chi connectivity index (χ0v) is 14.2. The van der Waals surface area contributed by atoms with E-state index in [1.165, 1.54) is 12.6 Å². The molecule has 132 valence electrons. The van der Waals surface area contributed by atoms with Gasteiger partial charge in [0.25, 0.3) is 0 Å². The summed E-state index contributed by atoms with van der Waals surface area (Å²) in [5, 5.41) is 17.2. The van der Waals surface area contributed by atoms with Crippen LogP contribution in [0.5, 0.6) is 5.75 Å². The number of hydrogen-bond donors (Lipinski definition) is 1. The molecule has 1 aliphatic rings. The Morgan fingerprint density at radius 2 is 2.26 bits per heavy atom. The Balaban J connectivity index is 1.49. The van der Waals surface area contributed by atoms with Crippen molar-refractivity contribution in [1.29, 1.82) is 5.26 Å². The second-order valence-electron chi connectivity index (χ2n) is 6.34. The molecule has 4 aromatic rings. The van der Waals surface area contributed by atoms with Crippen molar-refractivity contribution in [2.24, 2.45) is 0 Å². The van der Waals surface area contributed by atoms with Crippen molar-refractivity contribution in [1.82, 2.24) is 25.1 Å². The van der Waals surface area contributed by atoms with Crippen LogP contribution in [0.1, 0.15) is 36.0 Å². The molecular weight excluding hydrogens is 344 g/mol. The van der Waals surface area contributed by atoms with Crippen molar-refractivity contribution in [3.63, 3.8) is 0 Å². The summed E-state index contributed by atoms with van der Waals surface area (Å²) in [7, 11) is 0. The van der Waals surface area contributed by atoms with Crippen molar-refractivity contribution in [3.05, 3.63) is 54.1 Å². The molecule has 1 N–H and O–H groups in total. The zero-order chi connectivity index (χ0) is 18.2. The van der Waals surface area contributed by atoms with Crippen LogP contribution >= 0.6 is 0 Å². The lowest BCUT2D eigenvalue weighted by molar-refractivity contribution is 0.177. The molecule has 0 fully saturated rings. The molecule has 1 atom stereocenters. The maximum absolute atomic E-state index is 9.02. The van der Waals surface area contributed by atoms with Gasteiger partial charge in [-0.3, -0.25) is 10.1 Å². The predicted molar refractivity (Wildman–Crippen MR) is 94.6 cm³/mol. The van der Waals surface area contributed by atoms with Crippen LogP contribution in [-0.4, -0.2) is 25.1 Å². The minimum Gasteiger partial charge on any atom is -0.484 e. The summed E-state index contributed by atoms with van der Waals surface area (Å²) in [4.78, 5) is 12.8. The van der Waals surface area contributed by atoms with Gasteiger partial charge in [0.15, 0.2) is 17.8 Å². The summed E-state index contributed by atoms with van der Waals surface area (Å²) in [6.45, 7) is 0. The smallest absolute Gasteiger partial charge is 0.181 e. The van der Waals surface area contributed by atoms with Crippen LogP contribution in [0.15, 0.2) is 41.4 Å². The summed E-state index contributed by atoms with van der Waals surface area (Å²) in [6.07, 6.45) is 6.93. The Kier molecular flexibility index (Phi) is 3.57. The second kappa shape index (κ2) is 6.21. The Morgan fingerprint density at radius 1 is 1.30 bits per heavy atom. The number of nitriles is 1. The van der Waals surface area contributed by atoms with Crippen molar-refractivity contribution in [3.8, 4) is 23.3 Å². The zero-order valence-electron chi connectivity index (χ0n) is 14.2. The lowest BCUT2D eigenvalue weighted by Gasteiger charge is -2.24. The molecular formula is C19H14N6O2. The first kappa shape index (κ1) is 15.5. The highest BCUT2D eigenvalue weighted by molar-refractivity contribution is 5.92. The summed E-state index contributed by atoms with van der Waals surface area (Å²) >= 11 is 0. The molecule has 1 aromatic carbocycles. The summed E-state index contributed by atoms with van der Waals surface area (Å²) in [5.41, 5.74) is 3.57.